The molecule has 0 aromatic heterocycles. The number of hydrogen-bond acceptors (Lipinski definition) is 4. The first-order valence-corrected chi connectivity index (χ1v) is 7.84. The van der Waals surface area contributed by atoms with Crippen LogP contribution in [0.1, 0.15) is 35.5 Å². The number of hydrogen-bond donors (Lipinski definition) is 1. The number of nitrogens with two attached hydrogens (primary N) is 1. The van der Waals surface area contributed by atoms with Gasteiger partial charge in [0.05, 0.1) is 12.7 Å². The predicted molar refractivity (Wildman–Crippen MR) is 85.6 cm³/mol. The second-order valence-corrected chi connectivity index (χ2v) is 5.55. The normalized spacial score (nSPS) is 20.5. The van der Waals surface area contributed by atoms with Crippen molar-refractivity contribution in [2.24, 2.45) is 11.7 Å². The third-order valence-corrected chi connectivity index (χ3v) is 3.09. The Kier molecular flexibility index (Phi) is 11.6. The summed E-state index contributed by atoms with van der Waals surface area (Å²) in [5.74, 6) is 0.719. The molecule has 118 valence electrons. The van der Waals surface area contributed by atoms with E-state index >= 15 is 0 Å². The van der Waals surface area contributed by atoms with E-state index in [2.05, 4.69) is 30.7 Å². The molecule has 1 aliphatic rings. The zero-order valence-corrected chi connectivity index (χ0v) is 13.7. The van der Waals surface area contributed by atoms with Gasteiger partial charge in [0.25, 0.3) is 0 Å². The van der Waals surface area contributed by atoms with Crippen LogP contribution in [-0.4, -0.2) is 68.8 Å². The first-order chi connectivity index (χ1) is 9.11. The van der Waals surface area contributed by atoms with Crippen molar-refractivity contribution in [2.75, 3.05) is 52.9 Å². The summed E-state index contributed by atoms with van der Waals surface area (Å²) in [6.07, 6.45) is 1.46. The molecule has 0 radical (unpaired) electrons. The quantitative estimate of drug-likeness (QED) is 0.770. The van der Waals surface area contributed by atoms with Gasteiger partial charge in [-0.1, -0.05) is 27.7 Å². The van der Waals surface area contributed by atoms with Gasteiger partial charge >= 0.3 is 0 Å². The van der Waals surface area contributed by atoms with Crippen molar-refractivity contribution in [3.8, 4) is 0 Å². The summed E-state index contributed by atoms with van der Waals surface area (Å²) in [5, 5.41) is 0. The lowest BCUT2D eigenvalue weighted by Crippen LogP contribution is -2.47. The monoisotopic (exact) mass is 275 g/mol. The first kappa shape index (κ1) is 18.8. The second kappa shape index (κ2) is 11.6. The van der Waals surface area contributed by atoms with Gasteiger partial charge in [-0.2, -0.15) is 0 Å². The standard InChI is InChI=1S/C13H29N3O.C2H6.H2/c1-12(2)9-15(3)10-13-11-16(6-4-5-14)7-8-17-13;1-2;/h12-13H,4-11,14H2,1-3H3;1-2H3;1H/t13-;;/m0../s1. The Balaban J connectivity index is 0. The fourth-order valence-electron chi connectivity index (χ4n) is 2.45. The van der Waals surface area contributed by atoms with E-state index in [1.807, 2.05) is 13.8 Å². The molecule has 0 aromatic carbocycles. The van der Waals surface area contributed by atoms with E-state index < -0.39 is 0 Å². The van der Waals surface area contributed by atoms with Crippen molar-refractivity contribution in [2.45, 2.75) is 40.2 Å². The summed E-state index contributed by atoms with van der Waals surface area (Å²) in [4.78, 5) is 4.85. The highest BCUT2D eigenvalue weighted by atomic mass is 16.5. The fourth-order valence-corrected chi connectivity index (χ4v) is 2.45. The topological polar surface area (TPSA) is 41.7 Å². The molecule has 0 aliphatic carbocycles. The van der Waals surface area contributed by atoms with E-state index in [9.17, 15) is 0 Å². The molecular weight excluding hydrogens is 238 g/mol. The van der Waals surface area contributed by atoms with Crippen molar-refractivity contribution in [1.82, 2.24) is 9.80 Å². The second-order valence-electron chi connectivity index (χ2n) is 5.55. The van der Waals surface area contributed by atoms with Crippen LogP contribution in [0.3, 0.4) is 0 Å². The van der Waals surface area contributed by atoms with Gasteiger partial charge in [0, 0.05) is 27.6 Å². The molecule has 1 aliphatic heterocycles. The molecule has 1 fully saturated rings. The first-order valence-electron chi connectivity index (χ1n) is 7.84. The summed E-state index contributed by atoms with van der Waals surface area (Å²) in [6, 6.07) is 0. The summed E-state index contributed by atoms with van der Waals surface area (Å²) in [5.41, 5.74) is 5.55. The van der Waals surface area contributed by atoms with E-state index in [4.69, 9.17) is 10.5 Å². The minimum atomic E-state index is 0. The van der Waals surface area contributed by atoms with Crippen LogP contribution in [-0.2, 0) is 4.74 Å². The smallest absolute Gasteiger partial charge is 0.0829 e. The van der Waals surface area contributed by atoms with Gasteiger partial charge in [-0.25, -0.2) is 0 Å². The molecule has 0 bridgehead atoms. The zero-order valence-electron chi connectivity index (χ0n) is 13.7. The summed E-state index contributed by atoms with van der Waals surface area (Å²) >= 11 is 0. The van der Waals surface area contributed by atoms with Crippen LogP contribution < -0.4 is 5.73 Å². The van der Waals surface area contributed by atoms with Gasteiger partial charge in [0.15, 0.2) is 0 Å². The van der Waals surface area contributed by atoms with Gasteiger partial charge in [-0.15, -0.1) is 0 Å². The minimum Gasteiger partial charge on any atom is -0.374 e. The Hall–Kier alpha value is -0.160. The number of rotatable bonds is 7. The van der Waals surface area contributed by atoms with Gasteiger partial charge in [-0.05, 0) is 32.5 Å². The Morgan fingerprint density at radius 3 is 2.68 bits per heavy atom. The number of nitrogens with zero attached hydrogens (tertiary/aromatic N) is 2. The number of morpholine rings is 1. The maximum atomic E-state index is 5.83. The fraction of sp³-hybridized carbons (Fsp3) is 1.00. The molecule has 1 heterocycles. The van der Waals surface area contributed by atoms with E-state index in [-0.39, 0.29) is 1.43 Å². The van der Waals surface area contributed by atoms with Gasteiger partial charge in [0.1, 0.15) is 0 Å². The predicted octanol–water partition coefficient (Wildman–Crippen LogP) is 1.90. The Bertz CT molecular complexity index is 206. The molecule has 0 spiro atoms. The summed E-state index contributed by atoms with van der Waals surface area (Å²) < 4.78 is 5.83. The highest BCUT2D eigenvalue weighted by Crippen LogP contribution is 2.08. The van der Waals surface area contributed by atoms with Crippen LogP contribution in [0, 0.1) is 5.92 Å². The molecule has 0 saturated carbocycles. The summed E-state index contributed by atoms with van der Waals surface area (Å²) in [7, 11) is 2.18. The summed E-state index contributed by atoms with van der Waals surface area (Å²) in [6.45, 7) is 15.6. The molecule has 1 rings (SSSR count). The van der Waals surface area contributed by atoms with Gasteiger partial charge < -0.3 is 15.4 Å². The maximum Gasteiger partial charge on any atom is 0.0829 e. The van der Waals surface area contributed by atoms with Crippen LogP contribution in [0.2, 0.25) is 0 Å². The van der Waals surface area contributed by atoms with E-state index in [1.54, 1.807) is 0 Å². The van der Waals surface area contributed by atoms with Crippen molar-refractivity contribution in [3.05, 3.63) is 0 Å². The highest BCUT2D eigenvalue weighted by molar-refractivity contribution is 4.74. The molecule has 4 nitrogen and oxygen atoms in total. The molecular formula is C15H37N3O. The molecule has 0 aromatic rings. The molecule has 19 heavy (non-hydrogen) atoms. The van der Waals surface area contributed by atoms with Gasteiger partial charge in [-0.3, -0.25) is 4.90 Å². The Labute approximate surface area is 121 Å². The Morgan fingerprint density at radius 2 is 2.11 bits per heavy atom. The third kappa shape index (κ3) is 9.38. The van der Waals surface area contributed by atoms with E-state index in [0.717, 1.165) is 58.2 Å². The Morgan fingerprint density at radius 1 is 1.42 bits per heavy atom. The van der Waals surface area contributed by atoms with Crippen LogP contribution in [0.5, 0.6) is 0 Å². The molecule has 1 saturated heterocycles. The molecule has 1 atom stereocenters. The molecule has 0 unspecified atom stereocenters. The lowest BCUT2D eigenvalue weighted by atomic mass is 10.2. The SMILES string of the molecule is CC.CC(C)CN(C)C[C@H]1CN(CCCN)CCO1.[HH]. The van der Waals surface area contributed by atoms with Crippen molar-refractivity contribution < 1.29 is 6.16 Å². The van der Waals surface area contributed by atoms with Gasteiger partial charge in [0.2, 0.25) is 0 Å². The zero-order chi connectivity index (χ0) is 14.7. The average molecular weight is 275 g/mol. The average Bonchev–Trinajstić information content (AvgIpc) is 2.38. The lowest BCUT2D eigenvalue weighted by molar-refractivity contribution is -0.0413. The van der Waals surface area contributed by atoms with E-state index in [1.165, 1.54) is 0 Å². The minimum absolute atomic E-state index is 0. The largest absolute Gasteiger partial charge is 0.374 e. The van der Waals surface area contributed by atoms with Crippen molar-refractivity contribution in [3.63, 3.8) is 0 Å². The van der Waals surface area contributed by atoms with Crippen LogP contribution in [0.4, 0.5) is 0 Å². The molecule has 0 amide bonds. The van der Waals surface area contributed by atoms with Crippen LogP contribution in [0.15, 0.2) is 0 Å². The van der Waals surface area contributed by atoms with Crippen molar-refractivity contribution in [1.29, 1.82) is 0 Å². The number of ether oxygens (including phenoxy) is 1. The van der Waals surface area contributed by atoms with E-state index in [0.29, 0.717) is 6.10 Å². The lowest BCUT2D eigenvalue weighted by Gasteiger charge is -2.35. The number of likely N-dealkylation sites (N-methyl/N-ethyl adjacent to an activating group) is 1. The third-order valence-electron chi connectivity index (χ3n) is 3.09. The molecule has 2 N–H and O–H groups in total. The maximum absolute atomic E-state index is 5.83. The van der Waals surface area contributed by atoms with Crippen LogP contribution >= 0.6 is 0 Å². The molecule has 4 heteroatoms. The van der Waals surface area contributed by atoms with Crippen LogP contribution in [0.25, 0.3) is 0 Å². The van der Waals surface area contributed by atoms with Crippen molar-refractivity contribution >= 4 is 0 Å². The highest BCUT2D eigenvalue weighted by Gasteiger charge is 2.21.